The quantitative estimate of drug-likeness (QED) is 0.915. The fourth-order valence-electron chi connectivity index (χ4n) is 2.08. The Bertz CT molecular complexity index is 610. The third-order valence-electron chi connectivity index (χ3n) is 3.28. The van der Waals surface area contributed by atoms with Gasteiger partial charge < -0.3 is 9.88 Å². The lowest BCUT2D eigenvalue weighted by Crippen LogP contribution is -2.17. The Balaban J connectivity index is 2.33. The number of hydrogen-bond donors (Lipinski definition) is 1. The molecule has 2 rings (SSSR count). The molecule has 2 aromatic rings. The second-order valence-electron chi connectivity index (χ2n) is 4.46. The van der Waals surface area contributed by atoms with Gasteiger partial charge in [0, 0.05) is 23.5 Å². The van der Waals surface area contributed by atoms with E-state index in [2.05, 4.69) is 5.32 Å². The molecule has 0 saturated carbocycles. The number of hydrogen-bond acceptors (Lipinski definition) is 2. The molecule has 3 nitrogen and oxygen atoms in total. The summed E-state index contributed by atoms with van der Waals surface area (Å²) in [5, 5.41) is 12.0. The molecule has 1 unspecified atom stereocenters. The van der Waals surface area contributed by atoms with Crippen molar-refractivity contribution in [1.82, 2.24) is 9.88 Å². The van der Waals surface area contributed by atoms with E-state index in [9.17, 15) is 4.39 Å². The van der Waals surface area contributed by atoms with Crippen molar-refractivity contribution in [2.24, 2.45) is 0 Å². The van der Waals surface area contributed by atoms with Gasteiger partial charge in [0.2, 0.25) is 0 Å². The van der Waals surface area contributed by atoms with Gasteiger partial charge in [-0.2, -0.15) is 5.26 Å². The molecule has 4 heteroatoms. The predicted molar refractivity (Wildman–Crippen MR) is 72.1 cm³/mol. The Kier molecular flexibility index (Phi) is 3.98. The Morgan fingerprint density at radius 1 is 1.37 bits per heavy atom. The van der Waals surface area contributed by atoms with Crippen LogP contribution in [0.5, 0.6) is 0 Å². The lowest BCUT2D eigenvalue weighted by Gasteiger charge is -2.15. The van der Waals surface area contributed by atoms with E-state index in [0.717, 1.165) is 5.69 Å². The zero-order valence-electron chi connectivity index (χ0n) is 11.0. The van der Waals surface area contributed by atoms with Crippen LogP contribution in [0.25, 0.3) is 0 Å². The molecule has 0 saturated heterocycles. The van der Waals surface area contributed by atoms with Crippen molar-refractivity contribution in [3.8, 4) is 6.07 Å². The van der Waals surface area contributed by atoms with Crippen molar-refractivity contribution < 1.29 is 4.39 Å². The van der Waals surface area contributed by atoms with Gasteiger partial charge in [-0.1, -0.05) is 12.1 Å². The van der Waals surface area contributed by atoms with Gasteiger partial charge in [-0.15, -0.1) is 0 Å². The van der Waals surface area contributed by atoms with Crippen LogP contribution in [-0.2, 0) is 6.54 Å². The highest BCUT2D eigenvalue weighted by molar-refractivity contribution is 5.35. The maximum atomic E-state index is 14.0. The first-order chi connectivity index (χ1) is 9.17. The smallest absolute Gasteiger partial charge is 0.145 e. The van der Waals surface area contributed by atoms with Crippen molar-refractivity contribution in [2.75, 3.05) is 7.05 Å². The van der Waals surface area contributed by atoms with Gasteiger partial charge in [-0.05, 0) is 32.2 Å². The van der Waals surface area contributed by atoms with Crippen LogP contribution < -0.4 is 5.32 Å². The lowest BCUT2D eigenvalue weighted by atomic mass is 10.1. The maximum absolute atomic E-state index is 14.0. The maximum Gasteiger partial charge on any atom is 0.145 e. The normalized spacial score (nSPS) is 12.1. The summed E-state index contributed by atoms with van der Waals surface area (Å²) in [6.07, 6.45) is 1.92. The molecule has 0 amide bonds. The number of nitrogens with zero attached hydrogens (tertiary/aromatic N) is 2. The second kappa shape index (κ2) is 5.68. The predicted octanol–water partition coefficient (Wildman–Crippen LogP) is 2.83. The summed E-state index contributed by atoms with van der Waals surface area (Å²) < 4.78 is 16.0. The number of rotatable bonds is 4. The molecular weight excluding hydrogens is 241 g/mol. The van der Waals surface area contributed by atoms with Gasteiger partial charge in [0.25, 0.3) is 0 Å². The highest BCUT2D eigenvalue weighted by Gasteiger charge is 2.12. The number of nitriles is 1. The minimum atomic E-state index is -0.429. The van der Waals surface area contributed by atoms with Gasteiger partial charge in [0.05, 0.1) is 12.1 Å². The van der Waals surface area contributed by atoms with Gasteiger partial charge in [-0.3, -0.25) is 0 Å². The molecule has 19 heavy (non-hydrogen) atoms. The fraction of sp³-hybridized carbons (Fsp3) is 0.267. The lowest BCUT2D eigenvalue weighted by molar-refractivity contribution is 0.566. The first-order valence-electron chi connectivity index (χ1n) is 6.17. The topological polar surface area (TPSA) is 40.8 Å². The van der Waals surface area contributed by atoms with E-state index in [1.807, 2.05) is 42.9 Å². The number of aromatic nitrogens is 1. The van der Waals surface area contributed by atoms with Crippen LogP contribution in [0.1, 0.15) is 29.8 Å². The number of halogens is 1. The number of benzene rings is 1. The summed E-state index contributed by atoms with van der Waals surface area (Å²) in [7, 11) is 1.89. The largest absolute Gasteiger partial charge is 0.345 e. The highest BCUT2D eigenvalue weighted by Crippen LogP contribution is 2.18. The molecular formula is C15H16FN3. The van der Waals surface area contributed by atoms with Crippen LogP contribution in [0, 0.1) is 17.1 Å². The Labute approximate surface area is 112 Å². The van der Waals surface area contributed by atoms with Gasteiger partial charge in [-0.25, -0.2) is 4.39 Å². The van der Waals surface area contributed by atoms with Gasteiger partial charge in [0.1, 0.15) is 11.9 Å². The molecule has 0 bridgehead atoms. The zero-order chi connectivity index (χ0) is 13.8. The summed E-state index contributed by atoms with van der Waals surface area (Å²) in [6, 6.07) is 10.9. The van der Waals surface area contributed by atoms with Crippen molar-refractivity contribution in [3.63, 3.8) is 0 Å². The summed E-state index contributed by atoms with van der Waals surface area (Å²) in [4.78, 5) is 0. The van der Waals surface area contributed by atoms with E-state index in [4.69, 9.17) is 5.26 Å². The van der Waals surface area contributed by atoms with Crippen molar-refractivity contribution >= 4 is 0 Å². The first-order valence-corrected chi connectivity index (χ1v) is 6.17. The summed E-state index contributed by atoms with van der Waals surface area (Å²) in [5.41, 5.74) is 1.71. The van der Waals surface area contributed by atoms with E-state index in [1.165, 1.54) is 6.07 Å². The van der Waals surface area contributed by atoms with E-state index in [1.54, 1.807) is 12.1 Å². The third kappa shape index (κ3) is 2.67. The molecule has 1 aromatic carbocycles. The minimum Gasteiger partial charge on any atom is -0.345 e. The highest BCUT2D eigenvalue weighted by atomic mass is 19.1. The molecule has 98 valence electrons. The molecule has 0 fully saturated rings. The first kappa shape index (κ1) is 13.3. The van der Waals surface area contributed by atoms with Crippen LogP contribution in [0.3, 0.4) is 0 Å². The van der Waals surface area contributed by atoms with Crippen molar-refractivity contribution in [2.45, 2.75) is 19.5 Å². The van der Waals surface area contributed by atoms with E-state index in [-0.39, 0.29) is 11.6 Å². The molecule has 0 spiro atoms. The van der Waals surface area contributed by atoms with Crippen LogP contribution in [-0.4, -0.2) is 11.6 Å². The summed E-state index contributed by atoms with van der Waals surface area (Å²) >= 11 is 0. The molecule has 1 heterocycles. The Morgan fingerprint density at radius 3 is 2.84 bits per heavy atom. The average Bonchev–Trinajstić information content (AvgIpc) is 2.88. The van der Waals surface area contributed by atoms with E-state index >= 15 is 0 Å². The van der Waals surface area contributed by atoms with Crippen LogP contribution in [0.4, 0.5) is 4.39 Å². The third-order valence-corrected chi connectivity index (χ3v) is 3.28. The molecule has 0 aliphatic carbocycles. The Hall–Kier alpha value is -2.12. The second-order valence-corrected chi connectivity index (χ2v) is 4.46. The molecule has 1 aromatic heterocycles. The van der Waals surface area contributed by atoms with Gasteiger partial charge in [0.15, 0.2) is 0 Å². The summed E-state index contributed by atoms with van der Waals surface area (Å²) in [6.45, 7) is 2.48. The van der Waals surface area contributed by atoms with Crippen LogP contribution >= 0.6 is 0 Å². The van der Waals surface area contributed by atoms with Crippen LogP contribution in [0.2, 0.25) is 0 Å². The molecule has 0 aliphatic rings. The fourth-order valence-corrected chi connectivity index (χ4v) is 2.08. The SMILES string of the molecule is CNC(C)c1cccn1Cc1cccc(C#N)c1F. The molecule has 1 atom stereocenters. The standard InChI is InChI=1S/C15H16FN3/c1-11(18-2)14-7-4-8-19(14)10-13-6-3-5-12(9-17)15(13)16/h3-8,11,18H,10H2,1-2H3. The number of nitrogens with one attached hydrogen (secondary N) is 1. The average molecular weight is 257 g/mol. The molecule has 0 aliphatic heterocycles. The van der Waals surface area contributed by atoms with Crippen LogP contribution in [0.15, 0.2) is 36.5 Å². The van der Waals surface area contributed by atoms with Gasteiger partial charge >= 0.3 is 0 Å². The Morgan fingerprint density at radius 2 is 2.16 bits per heavy atom. The van der Waals surface area contributed by atoms with E-state index in [0.29, 0.717) is 12.1 Å². The monoisotopic (exact) mass is 257 g/mol. The van der Waals surface area contributed by atoms with Crippen molar-refractivity contribution in [1.29, 1.82) is 5.26 Å². The molecule has 1 N–H and O–H groups in total. The zero-order valence-corrected chi connectivity index (χ0v) is 11.0. The van der Waals surface area contributed by atoms with E-state index < -0.39 is 5.82 Å². The molecule has 0 radical (unpaired) electrons. The summed E-state index contributed by atoms with van der Waals surface area (Å²) in [5.74, 6) is -0.429. The van der Waals surface area contributed by atoms with Crippen molar-refractivity contribution in [3.05, 3.63) is 59.2 Å². The minimum absolute atomic E-state index is 0.0906.